The van der Waals surface area contributed by atoms with E-state index in [0.29, 0.717) is 16.8 Å². The largest absolute Gasteiger partial charge is 0.354 e. The Morgan fingerprint density at radius 3 is 2.75 bits per heavy atom. The van der Waals surface area contributed by atoms with Gasteiger partial charge < -0.3 is 10.3 Å². The van der Waals surface area contributed by atoms with Gasteiger partial charge in [0.05, 0.1) is 6.33 Å². The van der Waals surface area contributed by atoms with Crippen LogP contribution in [0, 0.1) is 6.92 Å². The highest BCUT2D eigenvalue weighted by molar-refractivity contribution is 7.99. The molecule has 0 spiro atoms. The molecule has 0 aliphatic heterocycles. The molecule has 3 heterocycles. The van der Waals surface area contributed by atoms with Gasteiger partial charge in [-0.1, -0.05) is 0 Å². The van der Waals surface area contributed by atoms with Gasteiger partial charge in [-0.05, 0) is 31.2 Å². The van der Waals surface area contributed by atoms with E-state index in [1.165, 1.54) is 11.8 Å². The molecule has 3 aromatic heterocycles. The maximum atomic E-state index is 4.47. The topological polar surface area (TPSA) is 92.3 Å². The lowest BCUT2D eigenvalue weighted by molar-refractivity contribution is 0.943. The van der Waals surface area contributed by atoms with Gasteiger partial charge in [-0.2, -0.15) is 4.98 Å². The predicted molar refractivity (Wildman–Crippen MR) is 76.7 cm³/mol. The van der Waals surface area contributed by atoms with Crippen molar-refractivity contribution in [3.8, 4) is 0 Å². The lowest BCUT2D eigenvalue weighted by Gasteiger charge is -2.05. The van der Waals surface area contributed by atoms with E-state index in [1.807, 2.05) is 13.8 Å². The molecule has 0 unspecified atom stereocenters. The highest BCUT2D eigenvalue weighted by Gasteiger charge is 2.12. The molecule has 102 valence electrons. The number of hydrogen-bond donors (Lipinski definition) is 2. The van der Waals surface area contributed by atoms with Gasteiger partial charge in [-0.25, -0.2) is 19.9 Å². The van der Waals surface area contributed by atoms with Crippen LogP contribution in [0.25, 0.3) is 11.2 Å². The van der Waals surface area contributed by atoms with Crippen molar-refractivity contribution in [3.63, 3.8) is 0 Å². The number of anilines is 1. The van der Waals surface area contributed by atoms with Gasteiger partial charge in [0.15, 0.2) is 10.8 Å². The Labute approximate surface area is 119 Å². The van der Waals surface area contributed by atoms with E-state index in [4.69, 9.17) is 0 Å². The zero-order valence-corrected chi connectivity index (χ0v) is 11.9. The van der Waals surface area contributed by atoms with E-state index in [9.17, 15) is 0 Å². The summed E-state index contributed by atoms with van der Waals surface area (Å²) < 4.78 is 0. The van der Waals surface area contributed by atoms with E-state index >= 15 is 0 Å². The monoisotopic (exact) mass is 287 g/mol. The van der Waals surface area contributed by atoms with Crippen molar-refractivity contribution < 1.29 is 0 Å². The van der Waals surface area contributed by atoms with Crippen LogP contribution in [-0.4, -0.2) is 36.4 Å². The number of aryl methyl sites for hydroxylation is 1. The summed E-state index contributed by atoms with van der Waals surface area (Å²) in [6.45, 7) is 4.70. The van der Waals surface area contributed by atoms with Gasteiger partial charge in [-0.3, -0.25) is 0 Å². The summed E-state index contributed by atoms with van der Waals surface area (Å²) in [5.41, 5.74) is 2.45. The van der Waals surface area contributed by atoms with Crippen molar-refractivity contribution in [2.24, 2.45) is 0 Å². The van der Waals surface area contributed by atoms with Crippen LogP contribution in [0.4, 0.5) is 5.95 Å². The molecule has 0 bridgehead atoms. The molecule has 0 aromatic carbocycles. The Balaban J connectivity index is 2.00. The van der Waals surface area contributed by atoms with Crippen molar-refractivity contribution in [1.29, 1.82) is 0 Å². The van der Waals surface area contributed by atoms with Gasteiger partial charge in [0, 0.05) is 18.9 Å². The molecule has 8 heteroatoms. The third kappa shape index (κ3) is 2.55. The minimum absolute atomic E-state index is 0.557. The molecule has 20 heavy (non-hydrogen) atoms. The van der Waals surface area contributed by atoms with Crippen LogP contribution in [0.2, 0.25) is 0 Å². The molecule has 0 aliphatic rings. The zero-order valence-electron chi connectivity index (χ0n) is 11.1. The molecule has 0 aliphatic carbocycles. The normalized spacial score (nSPS) is 10.9. The molecule has 0 atom stereocenters. The standard InChI is InChI=1S/C12H13N7S/c1-3-13-11-18-9-8(16-6-17-9)10(19-11)20-12-14-4-7(2)5-15-12/h4-6H,3H2,1-2H3,(H2,13,16,17,18,19). The van der Waals surface area contributed by atoms with E-state index < -0.39 is 0 Å². The van der Waals surface area contributed by atoms with Crippen LogP contribution in [0.5, 0.6) is 0 Å². The number of H-pyrrole nitrogens is 1. The number of nitrogens with one attached hydrogen (secondary N) is 2. The first-order valence-electron chi connectivity index (χ1n) is 6.17. The number of hydrogen-bond acceptors (Lipinski definition) is 7. The SMILES string of the molecule is CCNc1nc(Sc2ncc(C)cn2)c2[nH]cnc2n1. The maximum Gasteiger partial charge on any atom is 0.225 e. The Kier molecular flexibility index (Phi) is 3.46. The number of nitrogens with zero attached hydrogens (tertiary/aromatic N) is 5. The Bertz CT molecular complexity index is 722. The minimum atomic E-state index is 0.557. The van der Waals surface area contributed by atoms with Crippen molar-refractivity contribution in [3.05, 3.63) is 24.3 Å². The lowest BCUT2D eigenvalue weighted by atomic mass is 10.4. The third-order valence-electron chi connectivity index (χ3n) is 2.53. The minimum Gasteiger partial charge on any atom is -0.354 e. The second-order valence-electron chi connectivity index (χ2n) is 4.13. The fourth-order valence-corrected chi connectivity index (χ4v) is 2.41. The van der Waals surface area contributed by atoms with Crippen molar-refractivity contribution in [1.82, 2.24) is 29.9 Å². The second-order valence-corrected chi connectivity index (χ2v) is 5.08. The van der Waals surface area contributed by atoms with Gasteiger partial charge in [0.25, 0.3) is 0 Å². The summed E-state index contributed by atoms with van der Waals surface area (Å²) in [5, 5.41) is 4.50. The van der Waals surface area contributed by atoms with Gasteiger partial charge in [0.1, 0.15) is 10.5 Å². The Morgan fingerprint density at radius 2 is 2.00 bits per heavy atom. The smallest absolute Gasteiger partial charge is 0.225 e. The summed E-state index contributed by atoms with van der Waals surface area (Å²) >= 11 is 1.39. The van der Waals surface area contributed by atoms with Gasteiger partial charge >= 0.3 is 0 Å². The molecular weight excluding hydrogens is 274 g/mol. The number of imidazole rings is 1. The van der Waals surface area contributed by atoms with Crippen LogP contribution in [0.3, 0.4) is 0 Å². The number of aromatic nitrogens is 6. The van der Waals surface area contributed by atoms with Crippen LogP contribution in [0.15, 0.2) is 28.9 Å². The average Bonchev–Trinajstić information content (AvgIpc) is 2.90. The van der Waals surface area contributed by atoms with Crippen LogP contribution < -0.4 is 5.32 Å². The predicted octanol–water partition coefficient (Wildman–Crippen LogP) is 2.03. The Hall–Kier alpha value is -2.22. The summed E-state index contributed by atoms with van der Waals surface area (Å²) in [4.78, 5) is 24.6. The molecule has 0 fully saturated rings. The number of fused-ring (bicyclic) bond motifs is 1. The van der Waals surface area contributed by atoms with Crippen LogP contribution >= 0.6 is 11.8 Å². The van der Waals surface area contributed by atoms with Crippen LogP contribution in [-0.2, 0) is 0 Å². The van der Waals surface area contributed by atoms with Crippen molar-refractivity contribution in [2.45, 2.75) is 24.0 Å². The van der Waals surface area contributed by atoms with Crippen molar-refractivity contribution in [2.75, 3.05) is 11.9 Å². The van der Waals surface area contributed by atoms with E-state index in [2.05, 4.69) is 35.2 Å². The van der Waals surface area contributed by atoms with E-state index in [0.717, 1.165) is 22.7 Å². The summed E-state index contributed by atoms with van der Waals surface area (Å²) in [6.07, 6.45) is 5.17. The Morgan fingerprint density at radius 1 is 1.20 bits per heavy atom. The highest BCUT2D eigenvalue weighted by atomic mass is 32.2. The molecule has 0 radical (unpaired) electrons. The first kappa shape index (κ1) is 12.8. The summed E-state index contributed by atoms with van der Waals surface area (Å²) in [5.74, 6) is 0.557. The quantitative estimate of drug-likeness (QED) is 0.560. The van der Waals surface area contributed by atoms with Gasteiger partial charge in [-0.15, -0.1) is 0 Å². The second kappa shape index (κ2) is 5.41. The van der Waals surface area contributed by atoms with Crippen molar-refractivity contribution >= 4 is 28.9 Å². The molecule has 0 amide bonds. The third-order valence-corrected chi connectivity index (χ3v) is 3.41. The molecule has 2 N–H and O–H groups in total. The lowest BCUT2D eigenvalue weighted by Crippen LogP contribution is -2.03. The zero-order chi connectivity index (χ0) is 13.9. The molecule has 7 nitrogen and oxygen atoms in total. The summed E-state index contributed by atoms with van der Waals surface area (Å²) in [7, 11) is 0. The molecule has 0 saturated carbocycles. The van der Waals surface area contributed by atoms with Gasteiger partial charge in [0.2, 0.25) is 5.95 Å². The molecule has 3 rings (SSSR count). The maximum absolute atomic E-state index is 4.47. The average molecular weight is 287 g/mol. The number of rotatable bonds is 4. The fraction of sp³-hybridized carbons (Fsp3) is 0.250. The molecular formula is C12H13N7S. The van der Waals surface area contributed by atoms with E-state index in [1.54, 1.807) is 18.7 Å². The molecule has 0 saturated heterocycles. The van der Waals surface area contributed by atoms with Crippen LogP contribution in [0.1, 0.15) is 12.5 Å². The fourth-order valence-electron chi connectivity index (χ4n) is 1.64. The first-order valence-corrected chi connectivity index (χ1v) is 6.99. The first-order chi connectivity index (χ1) is 9.76. The highest BCUT2D eigenvalue weighted by Crippen LogP contribution is 2.28. The molecule has 3 aromatic rings. The number of aromatic amines is 1. The summed E-state index contributed by atoms with van der Waals surface area (Å²) in [6, 6.07) is 0. The van der Waals surface area contributed by atoms with E-state index in [-0.39, 0.29) is 0 Å².